The first-order valence-electron chi connectivity index (χ1n) is 17.3. The van der Waals surface area contributed by atoms with E-state index < -0.39 is 29.2 Å². The summed E-state index contributed by atoms with van der Waals surface area (Å²) in [7, 11) is 0. The summed E-state index contributed by atoms with van der Waals surface area (Å²) in [4.78, 5) is 77.9. The number of carboxylic acid groups (broad SMARTS) is 1. The summed E-state index contributed by atoms with van der Waals surface area (Å²) in [6.45, 7) is 0.674. The number of hydrogen-bond acceptors (Lipinski definition) is 13. The van der Waals surface area contributed by atoms with E-state index in [1.807, 2.05) is 6.07 Å². The predicted octanol–water partition coefficient (Wildman–Crippen LogP) is 0.783. The molecule has 3 aromatic rings. The van der Waals surface area contributed by atoms with Crippen LogP contribution in [0.25, 0.3) is 0 Å². The number of thioether (sulfide) groups is 1. The standard InChI is InChI=1S/C36H36N8O8S2/c37-36-39-26(19-54-36)28(41-52-25-5-1-2-6-25)31(47)40-29-33(49)44-30(35(50)51)22(18-53-34(29)44)14-21-11-13-43(32(21)48)16-20-4-3-12-42(15-20)17-27(46)38-23-7-9-24(45)10-8-23/h3-4,7-10,12,14-15,19,25,29,34H,1-2,5-6,11,13,16-18H2,(H5-,37,38,39,40,41,45,46,47,50,51)/b21-14+/t29-,34-/m1/s1. The topological polar surface area (TPSA) is 224 Å². The number of oxime groups is 1. The molecule has 0 bridgehead atoms. The summed E-state index contributed by atoms with van der Waals surface area (Å²) in [6.07, 6.45) is 8.88. The van der Waals surface area contributed by atoms with Crippen molar-refractivity contribution in [2.24, 2.45) is 5.16 Å². The molecule has 5 N–H and O–H groups in total. The van der Waals surface area contributed by atoms with Gasteiger partial charge >= 0.3 is 0 Å². The van der Waals surface area contributed by atoms with Crippen molar-refractivity contribution in [1.82, 2.24) is 20.1 Å². The number of nitrogens with one attached hydrogen (secondary N) is 2. The Morgan fingerprint density at radius 2 is 1.94 bits per heavy atom. The Labute approximate surface area is 317 Å². The number of phenolic OH excluding ortho intramolecular Hbond substituents is 1. The Morgan fingerprint density at radius 1 is 1.17 bits per heavy atom. The maximum Gasteiger partial charge on any atom is 0.290 e. The molecule has 3 aliphatic heterocycles. The van der Waals surface area contributed by atoms with Gasteiger partial charge in [-0.3, -0.25) is 24.1 Å². The van der Waals surface area contributed by atoms with E-state index in [1.54, 1.807) is 45.4 Å². The van der Waals surface area contributed by atoms with Gasteiger partial charge in [0.05, 0.1) is 18.2 Å². The lowest BCUT2D eigenvalue weighted by atomic mass is 10.0. The molecule has 0 unspecified atom stereocenters. The average Bonchev–Trinajstić information content (AvgIpc) is 3.91. The molecule has 280 valence electrons. The van der Waals surface area contributed by atoms with Gasteiger partial charge in [0.1, 0.15) is 29.0 Å². The van der Waals surface area contributed by atoms with Crippen LogP contribution in [0.5, 0.6) is 5.75 Å². The van der Waals surface area contributed by atoms with E-state index in [4.69, 9.17) is 10.6 Å². The zero-order chi connectivity index (χ0) is 37.9. The van der Waals surface area contributed by atoms with Gasteiger partial charge in [-0.05, 0) is 74.1 Å². The third-order valence-electron chi connectivity index (χ3n) is 9.38. The number of amides is 4. The highest BCUT2D eigenvalue weighted by molar-refractivity contribution is 8.00. The number of pyridine rings is 1. The van der Waals surface area contributed by atoms with E-state index in [2.05, 4.69) is 20.8 Å². The Balaban J connectivity index is 1.000. The smallest absolute Gasteiger partial charge is 0.290 e. The van der Waals surface area contributed by atoms with Crippen molar-refractivity contribution in [2.45, 2.75) is 62.7 Å². The van der Waals surface area contributed by atoms with Gasteiger partial charge in [0.15, 0.2) is 23.2 Å². The lowest BCUT2D eigenvalue weighted by Gasteiger charge is -2.50. The van der Waals surface area contributed by atoms with E-state index in [1.165, 1.54) is 30.0 Å². The number of aromatic nitrogens is 2. The maximum atomic E-state index is 13.5. The van der Waals surface area contributed by atoms with Crippen molar-refractivity contribution in [3.05, 3.63) is 88.3 Å². The van der Waals surface area contributed by atoms with Crippen LogP contribution in [0.4, 0.5) is 10.8 Å². The van der Waals surface area contributed by atoms with Gasteiger partial charge in [0, 0.05) is 40.6 Å². The SMILES string of the molecule is Nc1nc(/C(=N/OC2CCCC2)C(=O)N[C@@H]2C(=O)N3C(C(=O)[O-])=C(/C=C4\CCN(Cc5ccc[n+](CC(=O)Nc6ccc(O)cc6)c5)C4=O)CS[C@H]23)cs1. The molecule has 1 aromatic carbocycles. The monoisotopic (exact) mass is 772 g/mol. The number of benzene rings is 1. The summed E-state index contributed by atoms with van der Waals surface area (Å²) in [5, 5.41) is 32.5. The second-order valence-electron chi connectivity index (χ2n) is 13.2. The number of nitrogen functional groups attached to an aromatic ring is 1. The van der Waals surface area contributed by atoms with Gasteiger partial charge in [-0.25, -0.2) is 4.98 Å². The minimum atomic E-state index is -1.57. The molecule has 7 rings (SSSR count). The molecule has 1 aliphatic carbocycles. The third-order valence-corrected chi connectivity index (χ3v) is 11.4. The van der Waals surface area contributed by atoms with Crippen LogP contribution in [-0.2, 0) is 41.9 Å². The highest BCUT2D eigenvalue weighted by Gasteiger charge is 2.53. The molecular formula is C36H36N8O8S2. The normalized spacial score (nSPS) is 21.0. The van der Waals surface area contributed by atoms with Gasteiger partial charge in [0.25, 0.3) is 17.7 Å². The highest BCUT2D eigenvalue weighted by atomic mass is 32.2. The molecule has 2 aromatic heterocycles. The molecule has 54 heavy (non-hydrogen) atoms. The van der Waals surface area contributed by atoms with Gasteiger partial charge in [-0.15, -0.1) is 23.1 Å². The number of carboxylic acids is 1. The van der Waals surface area contributed by atoms with Crippen LogP contribution in [0, 0.1) is 0 Å². The number of likely N-dealkylation sites (tertiary alicyclic amines) is 1. The minimum Gasteiger partial charge on any atom is -0.543 e. The molecular weight excluding hydrogens is 737 g/mol. The second-order valence-corrected chi connectivity index (χ2v) is 15.2. The van der Waals surface area contributed by atoms with Crippen molar-refractivity contribution in [3.63, 3.8) is 0 Å². The molecule has 18 heteroatoms. The number of allylic oxidation sites excluding steroid dienone is 1. The molecule has 5 heterocycles. The van der Waals surface area contributed by atoms with Crippen LogP contribution >= 0.6 is 23.1 Å². The molecule has 1 saturated carbocycles. The fourth-order valence-corrected chi connectivity index (χ4v) is 8.59. The molecule has 2 atom stereocenters. The Morgan fingerprint density at radius 3 is 2.67 bits per heavy atom. The molecule has 0 radical (unpaired) electrons. The Bertz CT molecular complexity index is 2090. The van der Waals surface area contributed by atoms with Crippen LogP contribution in [0.2, 0.25) is 0 Å². The summed E-state index contributed by atoms with van der Waals surface area (Å²) < 4.78 is 1.70. The fraction of sp³-hybridized carbons (Fsp3) is 0.333. The number of phenols is 1. The number of fused-ring (bicyclic) bond motifs is 1. The zero-order valence-corrected chi connectivity index (χ0v) is 30.4. The number of carbonyl (C=O) groups excluding carboxylic acids is 5. The van der Waals surface area contributed by atoms with Crippen molar-refractivity contribution < 1.29 is 43.6 Å². The van der Waals surface area contributed by atoms with Crippen molar-refractivity contribution in [1.29, 1.82) is 0 Å². The van der Waals surface area contributed by atoms with Crippen LogP contribution in [0.15, 0.2) is 82.2 Å². The lowest BCUT2D eigenvalue weighted by molar-refractivity contribution is -0.684. The van der Waals surface area contributed by atoms with Crippen LogP contribution in [-0.4, -0.2) is 85.0 Å². The average molecular weight is 773 g/mol. The predicted molar refractivity (Wildman–Crippen MR) is 195 cm³/mol. The molecule has 4 aliphatic rings. The number of thiazole rings is 1. The Kier molecular flexibility index (Phi) is 10.6. The van der Waals surface area contributed by atoms with Crippen molar-refractivity contribution in [2.75, 3.05) is 23.3 Å². The molecule has 3 fully saturated rings. The number of aliphatic carboxylic acids is 1. The van der Waals surface area contributed by atoms with E-state index >= 15 is 0 Å². The zero-order valence-electron chi connectivity index (χ0n) is 28.8. The maximum absolute atomic E-state index is 13.5. The van der Waals surface area contributed by atoms with E-state index in [-0.39, 0.29) is 70.3 Å². The van der Waals surface area contributed by atoms with E-state index in [0.29, 0.717) is 24.2 Å². The number of hydrogen-bond donors (Lipinski definition) is 4. The van der Waals surface area contributed by atoms with Crippen LogP contribution < -0.4 is 26.0 Å². The van der Waals surface area contributed by atoms with Crippen LogP contribution in [0.3, 0.4) is 0 Å². The largest absolute Gasteiger partial charge is 0.543 e. The van der Waals surface area contributed by atoms with Crippen LogP contribution in [0.1, 0.15) is 43.4 Å². The number of aromatic hydroxyl groups is 1. The van der Waals surface area contributed by atoms with Gasteiger partial charge in [-0.2, -0.15) is 4.57 Å². The number of nitrogens with zero attached hydrogens (tertiary/aromatic N) is 5. The first-order valence-corrected chi connectivity index (χ1v) is 19.2. The first-order chi connectivity index (χ1) is 26.0. The summed E-state index contributed by atoms with van der Waals surface area (Å²) in [5.41, 5.74) is 7.51. The number of nitrogens with two attached hydrogens (primary N) is 1. The van der Waals surface area contributed by atoms with Gasteiger partial charge in [-0.1, -0.05) is 5.16 Å². The van der Waals surface area contributed by atoms with E-state index in [0.717, 1.165) is 47.5 Å². The molecule has 2 saturated heterocycles. The molecule has 4 amide bonds. The number of β-lactam (4-membered cyclic amide) rings is 1. The van der Waals surface area contributed by atoms with Gasteiger partial charge in [0.2, 0.25) is 12.5 Å². The van der Waals surface area contributed by atoms with E-state index in [9.17, 15) is 34.2 Å². The number of carbonyl (C=O) groups is 5. The summed E-state index contributed by atoms with van der Waals surface area (Å²) in [5.74, 6) is -3.22. The highest BCUT2D eigenvalue weighted by Crippen LogP contribution is 2.41. The summed E-state index contributed by atoms with van der Waals surface area (Å²) >= 11 is 2.38. The van der Waals surface area contributed by atoms with Crippen molar-refractivity contribution in [3.8, 4) is 5.75 Å². The third kappa shape index (κ3) is 7.93. The fourth-order valence-electron chi connectivity index (χ4n) is 6.74. The molecule has 0 spiro atoms. The molecule has 16 nitrogen and oxygen atoms in total. The quantitative estimate of drug-likeness (QED) is 0.0503. The minimum absolute atomic E-state index is 0.0247. The second kappa shape index (κ2) is 15.7. The first kappa shape index (κ1) is 36.6. The van der Waals surface area contributed by atoms with Gasteiger partial charge < -0.3 is 41.1 Å². The number of anilines is 2. The van der Waals surface area contributed by atoms with Crippen molar-refractivity contribution >= 4 is 69.2 Å². The number of rotatable bonds is 12. The Hall–Kier alpha value is -5.75. The lowest BCUT2D eigenvalue weighted by Crippen LogP contribution is -2.71. The summed E-state index contributed by atoms with van der Waals surface area (Å²) in [6, 6.07) is 8.71.